The van der Waals surface area contributed by atoms with E-state index in [0.717, 1.165) is 6.21 Å². The summed E-state index contributed by atoms with van der Waals surface area (Å²) in [6.07, 6.45) is 2.60. The van der Waals surface area contributed by atoms with E-state index in [1.807, 2.05) is 6.07 Å². The van der Waals surface area contributed by atoms with Crippen LogP contribution >= 0.6 is 11.6 Å². The van der Waals surface area contributed by atoms with Gasteiger partial charge in [-0.05, 0) is 42.4 Å². The van der Waals surface area contributed by atoms with E-state index < -0.39 is 20.3 Å². The third-order valence-electron chi connectivity index (χ3n) is 7.67. The summed E-state index contributed by atoms with van der Waals surface area (Å²) in [5.74, 6) is -0.0665. The Morgan fingerprint density at radius 2 is 1.95 bits per heavy atom. The molecule has 1 amide bonds. The molecular formula is C30H34ClN9O3Si. The van der Waals surface area contributed by atoms with Crippen LogP contribution in [-0.2, 0) is 9.22 Å². The van der Waals surface area contributed by atoms with Crippen molar-refractivity contribution in [2.24, 2.45) is 0 Å². The summed E-state index contributed by atoms with van der Waals surface area (Å²) in [6, 6.07) is 12.0. The van der Waals surface area contributed by atoms with Gasteiger partial charge in [0.1, 0.15) is 30.1 Å². The summed E-state index contributed by atoms with van der Waals surface area (Å²) in [6.45, 7) is 12.5. The first kappa shape index (κ1) is 32.5. The molecule has 44 heavy (non-hydrogen) atoms. The zero-order valence-electron chi connectivity index (χ0n) is 25.2. The molecule has 0 saturated carbocycles. The van der Waals surface area contributed by atoms with Gasteiger partial charge < -0.3 is 25.2 Å². The Hall–Kier alpha value is -4.40. The maximum Gasteiger partial charge on any atom is 0.268 e. The van der Waals surface area contributed by atoms with Gasteiger partial charge in [0.15, 0.2) is 14.4 Å². The van der Waals surface area contributed by atoms with Crippen molar-refractivity contribution < 1.29 is 14.0 Å². The van der Waals surface area contributed by atoms with E-state index in [9.17, 15) is 10.1 Å². The Morgan fingerprint density at radius 3 is 2.57 bits per heavy atom. The summed E-state index contributed by atoms with van der Waals surface area (Å²) in [5.41, 5.74) is 1.13. The highest BCUT2D eigenvalue weighted by molar-refractivity contribution is 6.74. The summed E-state index contributed by atoms with van der Waals surface area (Å²) < 4.78 is 12.7. The van der Waals surface area contributed by atoms with Crippen molar-refractivity contribution in [2.45, 2.75) is 51.1 Å². The number of rotatable bonds is 11. The molecule has 1 aliphatic heterocycles. The number of carbonyl (C=O) groups is 1. The Morgan fingerprint density at radius 1 is 1.20 bits per heavy atom. The largest absolute Gasteiger partial charge is 0.462 e. The number of hydrogen-bond donors (Lipinski definition) is 3. The number of benzene rings is 1. The molecule has 1 saturated heterocycles. The lowest BCUT2D eigenvalue weighted by atomic mass is 10.1. The molecule has 0 aliphatic carbocycles. The van der Waals surface area contributed by atoms with E-state index in [0.29, 0.717) is 29.4 Å². The van der Waals surface area contributed by atoms with Crippen molar-refractivity contribution >= 4 is 49.4 Å². The molecule has 3 heterocycles. The highest BCUT2D eigenvalue weighted by Crippen LogP contribution is 2.38. The molecule has 1 aromatic carbocycles. The van der Waals surface area contributed by atoms with E-state index in [2.05, 4.69) is 70.4 Å². The molecule has 14 heteroatoms. The van der Waals surface area contributed by atoms with Crippen LogP contribution in [-0.4, -0.2) is 72.1 Å². The van der Waals surface area contributed by atoms with Crippen molar-refractivity contribution in [3.8, 4) is 18.0 Å². The quantitative estimate of drug-likeness (QED) is 0.191. The maximum absolute atomic E-state index is 13.5. The van der Waals surface area contributed by atoms with Crippen molar-refractivity contribution in [2.75, 3.05) is 30.3 Å². The predicted octanol–water partition coefficient (Wildman–Crippen LogP) is 5.10. The van der Waals surface area contributed by atoms with Crippen LogP contribution in [0.4, 0.5) is 17.3 Å². The molecule has 228 valence electrons. The monoisotopic (exact) mass is 631 g/mol. The van der Waals surface area contributed by atoms with Gasteiger partial charge in [-0.2, -0.15) is 10.5 Å². The molecule has 3 N–H and O–H groups in total. The predicted molar refractivity (Wildman–Crippen MR) is 170 cm³/mol. The fourth-order valence-corrected chi connectivity index (χ4v) is 5.75. The number of carbonyl (C=O) groups excluding carboxylic acids is 1. The van der Waals surface area contributed by atoms with Crippen LogP contribution in [0.1, 0.15) is 37.5 Å². The number of para-hydroxylation sites is 1. The Balaban J connectivity index is 1.57. The van der Waals surface area contributed by atoms with Gasteiger partial charge in [0.25, 0.3) is 5.91 Å². The van der Waals surface area contributed by atoms with Crippen LogP contribution in [0, 0.1) is 28.1 Å². The molecule has 2 aromatic heterocycles. The number of nitriles is 2. The molecule has 4 rings (SSSR count). The second-order valence-electron chi connectivity index (χ2n) is 11.8. The number of nitrogens with one attached hydrogen (secondary N) is 3. The van der Waals surface area contributed by atoms with Crippen LogP contribution in [0.15, 0.2) is 42.9 Å². The molecule has 1 fully saturated rings. The van der Waals surface area contributed by atoms with Crippen LogP contribution in [0.5, 0.6) is 5.88 Å². The van der Waals surface area contributed by atoms with Gasteiger partial charge in [-0.3, -0.25) is 9.69 Å². The molecule has 12 nitrogen and oxygen atoms in total. The van der Waals surface area contributed by atoms with E-state index >= 15 is 0 Å². The Bertz CT molecular complexity index is 1610. The Labute approximate surface area is 262 Å². The van der Waals surface area contributed by atoms with Gasteiger partial charge in [0.2, 0.25) is 5.88 Å². The number of hydrogen-bond acceptors (Lipinski definition) is 11. The van der Waals surface area contributed by atoms with Gasteiger partial charge in [-0.1, -0.05) is 38.4 Å². The van der Waals surface area contributed by atoms with Crippen LogP contribution in [0.2, 0.25) is 23.2 Å². The number of pyridine rings is 1. The van der Waals surface area contributed by atoms with E-state index in [4.69, 9.17) is 31.4 Å². The first-order valence-corrected chi connectivity index (χ1v) is 17.2. The molecule has 1 unspecified atom stereocenters. The summed E-state index contributed by atoms with van der Waals surface area (Å²) in [4.78, 5) is 28.2. The van der Waals surface area contributed by atoms with Gasteiger partial charge in [-0.25, -0.2) is 15.0 Å². The number of likely N-dealkylation sites (tertiary alicyclic amines) is 1. The normalized spacial score (nSPS) is 14.5. The van der Waals surface area contributed by atoms with Crippen LogP contribution in [0.3, 0.4) is 0 Å². The summed E-state index contributed by atoms with van der Waals surface area (Å²) >= 11 is 6.34. The standard InChI is InChI=1S/C30H34ClN9O3Si/c1-30(2,3)44(4,5)43-21-15-40(16-21)17-24(28(41)38-25-10-9-19(11-32)14-35-25)42-29-22(13-34)27(36-18-37-29)39-26-20(12-33)7-6-8-23(26)31/h6-10,13-14,18,21,24,34H,15-17H2,1-5H3,(H,35,38,41)(H,36,37,39). The fourth-order valence-electron chi connectivity index (χ4n) is 4.19. The first-order chi connectivity index (χ1) is 20.8. The number of anilines is 3. The third-order valence-corrected chi connectivity index (χ3v) is 12.5. The van der Waals surface area contributed by atoms with E-state index in [-0.39, 0.29) is 46.3 Å². The number of amides is 1. The van der Waals surface area contributed by atoms with Crippen molar-refractivity contribution in [1.82, 2.24) is 19.9 Å². The van der Waals surface area contributed by atoms with Gasteiger partial charge in [-0.15, -0.1) is 0 Å². The molecule has 0 spiro atoms. The van der Waals surface area contributed by atoms with Crippen LogP contribution in [0.25, 0.3) is 0 Å². The van der Waals surface area contributed by atoms with Crippen LogP contribution < -0.4 is 15.4 Å². The average molecular weight is 632 g/mol. The lowest BCUT2D eigenvalue weighted by molar-refractivity contribution is -0.125. The molecule has 1 aliphatic rings. The lowest BCUT2D eigenvalue weighted by Crippen LogP contribution is -2.60. The smallest absolute Gasteiger partial charge is 0.268 e. The number of ether oxygens (including phenoxy) is 1. The molecule has 3 aromatic rings. The number of halogens is 1. The van der Waals surface area contributed by atoms with Gasteiger partial charge in [0, 0.05) is 32.0 Å². The number of nitrogens with zero attached hydrogens (tertiary/aromatic N) is 6. The molecule has 0 bridgehead atoms. The van der Waals surface area contributed by atoms with Crippen molar-refractivity contribution in [1.29, 1.82) is 15.9 Å². The molecule has 1 atom stereocenters. The third kappa shape index (κ3) is 7.56. The molecule has 0 radical (unpaired) electrons. The lowest BCUT2D eigenvalue weighted by Gasteiger charge is -2.46. The minimum Gasteiger partial charge on any atom is -0.462 e. The van der Waals surface area contributed by atoms with Gasteiger partial charge >= 0.3 is 0 Å². The average Bonchev–Trinajstić information content (AvgIpc) is 2.96. The highest BCUT2D eigenvalue weighted by atomic mass is 35.5. The highest BCUT2D eigenvalue weighted by Gasteiger charge is 2.42. The Kier molecular flexibility index (Phi) is 9.97. The second-order valence-corrected chi connectivity index (χ2v) is 17.0. The minimum atomic E-state index is -1.96. The summed E-state index contributed by atoms with van der Waals surface area (Å²) in [5, 5.41) is 32.8. The number of aromatic nitrogens is 3. The topological polar surface area (TPSA) is 173 Å². The van der Waals surface area contributed by atoms with E-state index in [1.54, 1.807) is 24.3 Å². The van der Waals surface area contributed by atoms with Crippen molar-refractivity contribution in [3.63, 3.8) is 0 Å². The zero-order chi connectivity index (χ0) is 32.1. The fraction of sp³-hybridized carbons (Fsp3) is 0.367. The summed E-state index contributed by atoms with van der Waals surface area (Å²) in [7, 11) is -1.96. The zero-order valence-corrected chi connectivity index (χ0v) is 26.9. The maximum atomic E-state index is 13.5. The van der Waals surface area contributed by atoms with Crippen molar-refractivity contribution in [3.05, 3.63) is 64.6 Å². The first-order valence-electron chi connectivity index (χ1n) is 13.9. The SMILES string of the molecule is CC(C)(C)[Si](C)(C)OC1CN(CC(Oc2ncnc(Nc3c(Cl)cccc3C#N)c2C=N)C(=O)Nc2ccc(C#N)cn2)C1. The second kappa shape index (κ2) is 13.5. The minimum absolute atomic E-state index is 0.00871. The molecular weight excluding hydrogens is 598 g/mol. The van der Waals surface area contributed by atoms with E-state index in [1.165, 1.54) is 18.6 Å². The van der Waals surface area contributed by atoms with Gasteiger partial charge in [0.05, 0.1) is 33.5 Å².